The van der Waals surface area contributed by atoms with E-state index in [-0.39, 0.29) is 5.56 Å². The number of benzene rings is 1. The van der Waals surface area contributed by atoms with Crippen molar-refractivity contribution in [3.05, 3.63) is 49.8 Å². The van der Waals surface area contributed by atoms with E-state index in [1.54, 1.807) is 0 Å². The largest absolute Gasteiger partial charge is 0.306 e. The summed E-state index contributed by atoms with van der Waals surface area (Å²) in [5.41, 5.74) is 3.95. The second-order valence-corrected chi connectivity index (χ2v) is 5.51. The molecular weight excluding hydrogens is 292 g/mol. The first-order valence-electron chi connectivity index (χ1n) is 6.04. The summed E-state index contributed by atoms with van der Waals surface area (Å²) in [6.45, 7) is 2.03. The fraction of sp³-hybridized carbons (Fsp3) is 0.286. The minimum atomic E-state index is 0.0214. The van der Waals surface area contributed by atoms with Crippen molar-refractivity contribution in [2.24, 2.45) is 0 Å². The molecule has 4 heteroatoms. The van der Waals surface area contributed by atoms with Gasteiger partial charge in [0.15, 0.2) is 0 Å². The van der Waals surface area contributed by atoms with Crippen molar-refractivity contribution in [1.82, 2.24) is 9.97 Å². The molecule has 1 aliphatic rings. The number of nitrogens with one attached hydrogen (secondary N) is 1. The van der Waals surface area contributed by atoms with Gasteiger partial charge in [0.2, 0.25) is 0 Å². The van der Waals surface area contributed by atoms with Crippen molar-refractivity contribution in [2.75, 3.05) is 0 Å². The van der Waals surface area contributed by atoms with E-state index in [9.17, 15) is 4.79 Å². The lowest BCUT2D eigenvalue weighted by molar-refractivity contribution is 0.899. The molecule has 0 aliphatic heterocycles. The third-order valence-electron chi connectivity index (χ3n) is 3.37. The van der Waals surface area contributed by atoms with Gasteiger partial charge in [0.1, 0.15) is 5.82 Å². The fourth-order valence-corrected chi connectivity index (χ4v) is 2.62. The monoisotopic (exact) mass is 304 g/mol. The first-order chi connectivity index (χ1) is 8.65. The number of aromatic nitrogens is 2. The van der Waals surface area contributed by atoms with E-state index >= 15 is 0 Å². The Morgan fingerprint density at radius 3 is 2.94 bits per heavy atom. The second-order valence-electron chi connectivity index (χ2n) is 4.66. The molecule has 3 rings (SSSR count). The third kappa shape index (κ3) is 1.90. The van der Waals surface area contributed by atoms with Crippen LogP contribution >= 0.6 is 15.9 Å². The van der Waals surface area contributed by atoms with Crippen LogP contribution in [0.3, 0.4) is 0 Å². The lowest BCUT2D eigenvalue weighted by Gasteiger charge is -2.06. The Bertz CT molecular complexity index is 676. The summed E-state index contributed by atoms with van der Waals surface area (Å²) < 4.78 is 1.06. The first-order valence-corrected chi connectivity index (χ1v) is 6.83. The zero-order chi connectivity index (χ0) is 12.7. The number of halogens is 1. The maximum atomic E-state index is 12.0. The smallest absolute Gasteiger partial charge is 0.254 e. The number of rotatable bonds is 1. The molecule has 1 aromatic heterocycles. The van der Waals surface area contributed by atoms with Crippen LogP contribution in [0.1, 0.15) is 23.2 Å². The Morgan fingerprint density at radius 1 is 1.33 bits per heavy atom. The molecule has 1 heterocycles. The van der Waals surface area contributed by atoms with E-state index < -0.39 is 0 Å². The molecule has 0 saturated heterocycles. The van der Waals surface area contributed by atoms with Crippen LogP contribution in [0.15, 0.2) is 27.5 Å². The molecule has 1 aromatic carbocycles. The van der Waals surface area contributed by atoms with Crippen molar-refractivity contribution >= 4 is 15.9 Å². The summed E-state index contributed by atoms with van der Waals surface area (Å²) >= 11 is 3.47. The molecule has 18 heavy (non-hydrogen) atoms. The molecule has 1 N–H and O–H groups in total. The quantitative estimate of drug-likeness (QED) is 0.880. The maximum Gasteiger partial charge on any atom is 0.254 e. The van der Waals surface area contributed by atoms with Crippen LogP contribution in [0.25, 0.3) is 11.4 Å². The summed E-state index contributed by atoms with van der Waals surface area (Å²) in [7, 11) is 0. The van der Waals surface area contributed by atoms with E-state index in [1.165, 1.54) is 0 Å². The summed E-state index contributed by atoms with van der Waals surface area (Å²) in [6, 6.07) is 5.98. The van der Waals surface area contributed by atoms with Crippen LogP contribution in [0.5, 0.6) is 0 Å². The van der Waals surface area contributed by atoms with Crippen LogP contribution in [-0.4, -0.2) is 9.97 Å². The molecule has 3 nitrogen and oxygen atoms in total. The van der Waals surface area contributed by atoms with E-state index in [1.807, 2.05) is 25.1 Å². The fourth-order valence-electron chi connectivity index (χ4n) is 2.37. The summed E-state index contributed by atoms with van der Waals surface area (Å²) in [5.74, 6) is 0.677. The van der Waals surface area contributed by atoms with Crippen LogP contribution in [-0.2, 0) is 12.8 Å². The van der Waals surface area contributed by atoms with Gasteiger partial charge in [0.25, 0.3) is 5.56 Å². The molecule has 0 fully saturated rings. The van der Waals surface area contributed by atoms with Crippen molar-refractivity contribution < 1.29 is 0 Å². The lowest BCUT2D eigenvalue weighted by Crippen LogP contribution is -2.15. The molecule has 0 radical (unpaired) electrons. The number of hydrogen-bond acceptors (Lipinski definition) is 2. The Balaban J connectivity index is 2.15. The van der Waals surface area contributed by atoms with Gasteiger partial charge in [-0.1, -0.05) is 22.0 Å². The number of nitrogens with zero attached hydrogens (tertiary/aromatic N) is 1. The van der Waals surface area contributed by atoms with Gasteiger partial charge < -0.3 is 4.98 Å². The number of aromatic amines is 1. The predicted molar refractivity (Wildman–Crippen MR) is 74.8 cm³/mol. The standard InChI is InChI=1S/C14H13BrN2O/c1-8-7-9(5-6-11(8)15)13-16-12-4-2-3-10(12)14(18)17-13/h5-7H,2-4H2,1H3,(H,16,17,18). The highest BCUT2D eigenvalue weighted by atomic mass is 79.9. The highest BCUT2D eigenvalue weighted by Gasteiger charge is 2.17. The molecular formula is C14H13BrN2O. The lowest BCUT2D eigenvalue weighted by atomic mass is 10.1. The zero-order valence-electron chi connectivity index (χ0n) is 10.1. The van der Waals surface area contributed by atoms with Gasteiger partial charge in [-0.05, 0) is 43.9 Å². The molecule has 0 unspecified atom stereocenters. The molecule has 0 spiro atoms. The van der Waals surface area contributed by atoms with Crippen LogP contribution < -0.4 is 5.56 Å². The molecule has 0 saturated carbocycles. The maximum absolute atomic E-state index is 12.0. The minimum absolute atomic E-state index is 0.0214. The predicted octanol–water partition coefficient (Wildman–Crippen LogP) is 3.00. The Kier molecular flexibility index (Phi) is 2.82. The minimum Gasteiger partial charge on any atom is -0.306 e. The molecule has 2 aromatic rings. The first kappa shape index (κ1) is 11.7. The Labute approximate surface area is 113 Å². The normalized spacial score (nSPS) is 13.7. The van der Waals surface area contributed by atoms with Crippen molar-refractivity contribution in [3.8, 4) is 11.4 Å². The SMILES string of the molecule is Cc1cc(-c2nc3c(c(=O)[nH]2)CCC3)ccc1Br. The summed E-state index contributed by atoms with van der Waals surface area (Å²) in [4.78, 5) is 19.4. The zero-order valence-corrected chi connectivity index (χ0v) is 11.7. The van der Waals surface area contributed by atoms with Crippen LogP contribution in [0, 0.1) is 6.92 Å². The van der Waals surface area contributed by atoms with E-state index in [0.29, 0.717) is 5.82 Å². The van der Waals surface area contributed by atoms with Gasteiger partial charge in [-0.15, -0.1) is 0 Å². The number of fused-ring (bicyclic) bond motifs is 1. The van der Waals surface area contributed by atoms with Gasteiger partial charge >= 0.3 is 0 Å². The van der Waals surface area contributed by atoms with Crippen LogP contribution in [0.2, 0.25) is 0 Å². The van der Waals surface area contributed by atoms with E-state index in [4.69, 9.17) is 0 Å². The van der Waals surface area contributed by atoms with E-state index in [0.717, 1.165) is 46.1 Å². The van der Waals surface area contributed by atoms with Gasteiger partial charge in [0.05, 0.1) is 5.69 Å². The third-order valence-corrected chi connectivity index (χ3v) is 4.26. The van der Waals surface area contributed by atoms with Gasteiger partial charge in [-0.3, -0.25) is 4.79 Å². The Morgan fingerprint density at radius 2 is 2.17 bits per heavy atom. The van der Waals surface area contributed by atoms with Crippen molar-refractivity contribution in [3.63, 3.8) is 0 Å². The Hall–Kier alpha value is -1.42. The van der Waals surface area contributed by atoms with Gasteiger partial charge in [-0.25, -0.2) is 4.98 Å². The van der Waals surface area contributed by atoms with Gasteiger partial charge in [-0.2, -0.15) is 0 Å². The molecule has 0 bridgehead atoms. The van der Waals surface area contributed by atoms with Crippen molar-refractivity contribution in [2.45, 2.75) is 26.2 Å². The topological polar surface area (TPSA) is 45.8 Å². The second kappa shape index (κ2) is 4.35. The highest BCUT2D eigenvalue weighted by molar-refractivity contribution is 9.10. The summed E-state index contributed by atoms with van der Waals surface area (Å²) in [5, 5.41) is 0. The molecule has 92 valence electrons. The average Bonchev–Trinajstić information content (AvgIpc) is 2.81. The number of aryl methyl sites for hydroxylation is 2. The average molecular weight is 305 g/mol. The molecule has 0 atom stereocenters. The number of hydrogen-bond donors (Lipinski definition) is 1. The summed E-state index contributed by atoms with van der Waals surface area (Å²) in [6.07, 6.45) is 2.81. The molecule has 1 aliphatic carbocycles. The van der Waals surface area contributed by atoms with Gasteiger partial charge in [0, 0.05) is 15.6 Å². The molecule has 0 amide bonds. The van der Waals surface area contributed by atoms with Crippen LogP contribution in [0.4, 0.5) is 0 Å². The van der Waals surface area contributed by atoms with Crippen molar-refractivity contribution in [1.29, 1.82) is 0 Å². The number of H-pyrrole nitrogens is 1. The highest BCUT2D eigenvalue weighted by Crippen LogP contribution is 2.24. The van der Waals surface area contributed by atoms with E-state index in [2.05, 4.69) is 25.9 Å².